The molecule has 1 amide bonds. The van der Waals surface area contributed by atoms with Gasteiger partial charge in [-0.15, -0.1) is 22.7 Å². The van der Waals surface area contributed by atoms with Crippen molar-refractivity contribution in [1.29, 1.82) is 0 Å². The molecule has 0 atom stereocenters. The summed E-state index contributed by atoms with van der Waals surface area (Å²) in [6.45, 7) is 1.93. The van der Waals surface area contributed by atoms with Gasteiger partial charge in [0.2, 0.25) is 0 Å². The number of halogens is 1. The summed E-state index contributed by atoms with van der Waals surface area (Å²) in [5.41, 5.74) is 1.40. The summed E-state index contributed by atoms with van der Waals surface area (Å²) >= 11 is 8.91. The molecule has 0 bridgehead atoms. The van der Waals surface area contributed by atoms with E-state index in [4.69, 9.17) is 11.6 Å². The molecule has 0 aliphatic carbocycles. The molecule has 0 unspecified atom stereocenters. The summed E-state index contributed by atoms with van der Waals surface area (Å²) in [6.07, 6.45) is 0. The molecular weight excluding hydrogens is 324 g/mol. The number of aromatic nitrogens is 1. The van der Waals surface area contributed by atoms with Gasteiger partial charge in [-0.3, -0.25) is 4.79 Å². The first kappa shape index (κ1) is 14.3. The van der Waals surface area contributed by atoms with E-state index in [0.29, 0.717) is 10.6 Å². The highest BCUT2D eigenvalue weighted by Crippen LogP contribution is 2.35. The Kier molecular flexibility index (Phi) is 4.05. The minimum atomic E-state index is -0.159. The van der Waals surface area contributed by atoms with Crippen LogP contribution in [0.25, 0.3) is 10.6 Å². The van der Waals surface area contributed by atoms with Gasteiger partial charge in [0.1, 0.15) is 10.7 Å². The van der Waals surface area contributed by atoms with Crippen LogP contribution in [-0.4, -0.2) is 10.9 Å². The van der Waals surface area contributed by atoms with E-state index in [1.54, 1.807) is 35.6 Å². The molecule has 0 fully saturated rings. The molecule has 1 N–H and O–H groups in total. The summed E-state index contributed by atoms with van der Waals surface area (Å²) in [6, 6.07) is 10.8. The fourth-order valence-corrected chi connectivity index (χ4v) is 3.61. The Hall–Kier alpha value is -1.69. The number of aryl methyl sites for hydroxylation is 1. The molecule has 0 aliphatic heterocycles. The Morgan fingerprint density at radius 1 is 1.24 bits per heavy atom. The van der Waals surface area contributed by atoms with Crippen molar-refractivity contribution in [3.05, 3.63) is 57.4 Å². The Morgan fingerprint density at radius 3 is 2.67 bits per heavy atom. The van der Waals surface area contributed by atoms with Crippen molar-refractivity contribution in [3.8, 4) is 10.6 Å². The van der Waals surface area contributed by atoms with Crippen molar-refractivity contribution >= 4 is 45.2 Å². The van der Waals surface area contributed by atoms with Gasteiger partial charge in [-0.1, -0.05) is 17.7 Å². The summed E-state index contributed by atoms with van der Waals surface area (Å²) in [5.74, 6) is -0.159. The largest absolute Gasteiger partial charge is 0.312 e. The average Bonchev–Trinajstić information content (AvgIpc) is 3.09. The zero-order chi connectivity index (χ0) is 14.8. The lowest BCUT2D eigenvalue weighted by Gasteiger charge is -2.04. The molecule has 6 heteroatoms. The van der Waals surface area contributed by atoms with Gasteiger partial charge in [-0.05, 0) is 42.6 Å². The number of hydrogen-bond donors (Lipinski definition) is 1. The van der Waals surface area contributed by atoms with E-state index in [2.05, 4.69) is 10.3 Å². The number of nitrogens with one attached hydrogen (secondary N) is 1. The lowest BCUT2D eigenvalue weighted by Crippen LogP contribution is -2.11. The summed E-state index contributed by atoms with van der Waals surface area (Å²) in [5, 5.41) is 7.24. The molecule has 0 saturated carbocycles. The molecule has 2 heterocycles. The van der Waals surface area contributed by atoms with Gasteiger partial charge in [0.05, 0.1) is 9.88 Å². The van der Waals surface area contributed by atoms with Crippen LogP contribution in [0.2, 0.25) is 5.02 Å². The predicted molar refractivity (Wildman–Crippen MR) is 89.6 cm³/mol. The highest BCUT2D eigenvalue weighted by atomic mass is 35.5. The number of hydrogen-bond acceptors (Lipinski definition) is 4. The standard InChI is InChI=1S/C15H11ClN2OS2/c1-9-17-13(12-3-2-8-20-12)15(21-9)18-14(19)10-4-6-11(16)7-5-10/h2-8H,1H3,(H,18,19). The normalized spacial score (nSPS) is 10.6. The number of nitrogens with zero attached hydrogens (tertiary/aromatic N) is 1. The zero-order valence-electron chi connectivity index (χ0n) is 11.1. The molecule has 0 saturated heterocycles. The fraction of sp³-hybridized carbons (Fsp3) is 0.0667. The number of carbonyl (C=O) groups excluding carboxylic acids is 1. The van der Waals surface area contributed by atoms with Crippen molar-refractivity contribution in [3.63, 3.8) is 0 Å². The fourth-order valence-electron chi connectivity index (χ4n) is 1.87. The lowest BCUT2D eigenvalue weighted by atomic mass is 10.2. The van der Waals surface area contributed by atoms with Crippen LogP contribution in [0.4, 0.5) is 5.00 Å². The second kappa shape index (κ2) is 5.97. The van der Waals surface area contributed by atoms with Gasteiger partial charge in [0.25, 0.3) is 5.91 Å². The predicted octanol–water partition coefficient (Wildman–Crippen LogP) is 5.09. The van der Waals surface area contributed by atoms with Gasteiger partial charge in [-0.25, -0.2) is 4.98 Å². The first-order valence-corrected chi connectivity index (χ1v) is 8.29. The van der Waals surface area contributed by atoms with Crippen LogP contribution in [0.3, 0.4) is 0 Å². The molecule has 3 rings (SSSR count). The summed E-state index contributed by atoms with van der Waals surface area (Å²) in [7, 11) is 0. The van der Waals surface area contributed by atoms with Crippen LogP contribution in [0.1, 0.15) is 15.4 Å². The third-order valence-electron chi connectivity index (χ3n) is 2.82. The zero-order valence-corrected chi connectivity index (χ0v) is 13.5. The van der Waals surface area contributed by atoms with Gasteiger partial charge in [0.15, 0.2) is 0 Å². The summed E-state index contributed by atoms with van der Waals surface area (Å²) < 4.78 is 0. The van der Waals surface area contributed by atoms with Crippen molar-refractivity contribution in [1.82, 2.24) is 4.98 Å². The van der Waals surface area contributed by atoms with Crippen LogP contribution in [0, 0.1) is 6.92 Å². The van der Waals surface area contributed by atoms with Gasteiger partial charge in [0, 0.05) is 10.6 Å². The van der Waals surface area contributed by atoms with Crippen molar-refractivity contribution < 1.29 is 4.79 Å². The molecule has 106 valence electrons. The number of thiophene rings is 1. The average molecular weight is 335 g/mol. The topological polar surface area (TPSA) is 42.0 Å². The molecule has 0 spiro atoms. The second-order valence-electron chi connectivity index (χ2n) is 4.35. The Morgan fingerprint density at radius 2 is 2.00 bits per heavy atom. The van der Waals surface area contributed by atoms with Crippen molar-refractivity contribution in [2.75, 3.05) is 5.32 Å². The number of rotatable bonds is 3. The monoisotopic (exact) mass is 334 g/mol. The smallest absolute Gasteiger partial charge is 0.256 e. The van der Waals surface area contributed by atoms with E-state index >= 15 is 0 Å². The van der Waals surface area contributed by atoms with E-state index in [-0.39, 0.29) is 5.91 Å². The maximum atomic E-state index is 12.3. The minimum Gasteiger partial charge on any atom is -0.312 e. The van der Waals surface area contributed by atoms with Crippen molar-refractivity contribution in [2.45, 2.75) is 6.92 Å². The maximum Gasteiger partial charge on any atom is 0.256 e. The first-order valence-electron chi connectivity index (χ1n) is 6.22. The van der Waals surface area contributed by atoms with Crippen LogP contribution in [0.15, 0.2) is 41.8 Å². The SMILES string of the molecule is Cc1nc(-c2cccs2)c(NC(=O)c2ccc(Cl)cc2)s1. The Labute approximate surface area is 135 Å². The van der Waals surface area contributed by atoms with E-state index in [1.165, 1.54) is 11.3 Å². The van der Waals surface area contributed by atoms with E-state index in [1.807, 2.05) is 24.4 Å². The van der Waals surface area contributed by atoms with E-state index in [0.717, 1.165) is 20.6 Å². The molecule has 3 nitrogen and oxygen atoms in total. The summed E-state index contributed by atoms with van der Waals surface area (Å²) in [4.78, 5) is 17.8. The van der Waals surface area contributed by atoms with Gasteiger partial charge < -0.3 is 5.32 Å². The molecule has 0 aliphatic rings. The number of benzene rings is 1. The van der Waals surface area contributed by atoms with E-state index in [9.17, 15) is 4.79 Å². The molecule has 2 aromatic heterocycles. The quantitative estimate of drug-likeness (QED) is 0.725. The lowest BCUT2D eigenvalue weighted by molar-refractivity contribution is 0.102. The van der Waals surface area contributed by atoms with Crippen LogP contribution >= 0.6 is 34.3 Å². The molecular formula is C15H11ClN2OS2. The van der Waals surface area contributed by atoms with Crippen molar-refractivity contribution in [2.24, 2.45) is 0 Å². The highest BCUT2D eigenvalue weighted by Gasteiger charge is 2.15. The number of thiazole rings is 1. The van der Waals surface area contributed by atoms with Gasteiger partial charge in [-0.2, -0.15) is 0 Å². The Balaban J connectivity index is 1.88. The third kappa shape index (κ3) is 3.15. The Bertz CT molecular complexity index is 764. The molecule has 21 heavy (non-hydrogen) atoms. The van der Waals surface area contributed by atoms with Crippen LogP contribution in [-0.2, 0) is 0 Å². The van der Waals surface area contributed by atoms with Crippen LogP contribution in [0.5, 0.6) is 0 Å². The second-order valence-corrected chi connectivity index (χ2v) is 6.94. The third-order valence-corrected chi connectivity index (χ3v) is 4.84. The van der Waals surface area contributed by atoms with E-state index < -0.39 is 0 Å². The van der Waals surface area contributed by atoms with Gasteiger partial charge >= 0.3 is 0 Å². The highest BCUT2D eigenvalue weighted by molar-refractivity contribution is 7.18. The number of carbonyl (C=O) groups is 1. The first-order chi connectivity index (χ1) is 10.1. The molecule has 3 aromatic rings. The molecule has 0 radical (unpaired) electrons. The molecule has 1 aromatic carbocycles. The number of anilines is 1. The number of amides is 1. The minimum absolute atomic E-state index is 0.159. The van der Waals surface area contributed by atoms with Crippen LogP contribution < -0.4 is 5.32 Å². The maximum absolute atomic E-state index is 12.3.